The summed E-state index contributed by atoms with van der Waals surface area (Å²) < 4.78 is 0. The van der Waals surface area contributed by atoms with Crippen LogP contribution < -0.4 is 0 Å². The van der Waals surface area contributed by atoms with Gasteiger partial charge in [-0.25, -0.2) is 9.78 Å². The molecule has 0 saturated carbocycles. The summed E-state index contributed by atoms with van der Waals surface area (Å²) in [6.07, 6.45) is 0. The first kappa shape index (κ1) is 4.92. The molecule has 1 fully saturated rings. The Morgan fingerprint density at radius 2 is 1.50 bits per heavy atom. The van der Waals surface area contributed by atoms with Crippen molar-refractivity contribution in [1.82, 2.24) is 0 Å². The van der Waals surface area contributed by atoms with Crippen molar-refractivity contribution < 1.29 is 9.78 Å². The summed E-state index contributed by atoms with van der Waals surface area (Å²) in [5.74, 6) is 0. The molecule has 0 aromatic heterocycles. The minimum atomic E-state index is 0. The third-order valence-corrected chi connectivity index (χ3v) is 0.118. The SMILES string of the molecule is C1OO1.[NaH]. The van der Waals surface area contributed by atoms with E-state index in [1.807, 2.05) is 0 Å². The maximum absolute atomic E-state index is 4.00. The van der Waals surface area contributed by atoms with E-state index in [-0.39, 0.29) is 29.6 Å². The van der Waals surface area contributed by atoms with Crippen LogP contribution in [0.4, 0.5) is 0 Å². The monoisotopic (exact) mass is 70.0 g/mol. The van der Waals surface area contributed by atoms with Crippen molar-refractivity contribution in [3.63, 3.8) is 0 Å². The molecule has 2 nitrogen and oxygen atoms in total. The zero-order valence-corrected chi connectivity index (χ0v) is 1.52. The molecule has 1 saturated heterocycles. The van der Waals surface area contributed by atoms with Gasteiger partial charge in [-0.05, 0) is 0 Å². The molecular formula is CH3NaO2. The molecule has 0 N–H and O–H groups in total. The zero-order valence-electron chi connectivity index (χ0n) is 1.52. The summed E-state index contributed by atoms with van der Waals surface area (Å²) in [6.45, 7) is 0.500. The van der Waals surface area contributed by atoms with E-state index >= 15 is 0 Å². The third kappa shape index (κ3) is 2.92. The Hall–Kier alpha value is 0.920. The van der Waals surface area contributed by atoms with Gasteiger partial charge in [-0.2, -0.15) is 0 Å². The van der Waals surface area contributed by atoms with Gasteiger partial charge in [0.2, 0.25) is 6.79 Å². The zero-order chi connectivity index (χ0) is 2.12. The van der Waals surface area contributed by atoms with Gasteiger partial charge in [0.15, 0.2) is 0 Å². The van der Waals surface area contributed by atoms with Gasteiger partial charge in [-0.15, -0.1) is 0 Å². The molecule has 0 spiro atoms. The van der Waals surface area contributed by atoms with Gasteiger partial charge in [0.25, 0.3) is 0 Å². The molecule has 0 amide bonds. The second-order valence-electron chi connectivity index (χ2n) is 0.354. The molecule has 1 aliphatic heterocycles. The second-order valence-corrected chi connectivity index (χ2v) is 0.354. The second kappa shape index (κ2) is 2.18. The van der Waals surface area contributed by atoms with Crippen LogP contribution in [0.15, 0.2) is 0 Å². The molecule has 0 aromatic rings. The fourth-order valence-electron chi connectivity index (χ4n) is 0. The van der Waals surface area contributed by atoms with Crippen LogP contribution in [0.5, 0.6) is 0 Å². The van der Waals surface area contributed by atoms with Crippen LogP contribution in [-0.2, 0) is 9.78 Å². The fourth-order valence-corrected chi connectivity index (χ4v) is 0. The van der Waals surface area contributed by atoms with Crippen LogP contribution in [0.25, 0.3) is 0 Å². The number of hydrogen-bond donors (Lipinski definition) is 0. The molecule has 4 heavy (non-hydrogen) atoms. The van der Waals surface area contributed by atoms with Gasteiger partial charge in [-0.3, -0.25) is 0 Å². The van der Waals surface area contributed by atoms with Crippen LogP contribution in [0.1, 0.15) is 0 Å². The average molecular weight is 70.0 g/mol. The van der Waals surface area contributed by atoms with Crippen molar-refractivity contribution in [3.05, 3.63) is 0 Å². The van der Waals surface area contributed by atoms with Crippen molar-refractivity contribution in [2.45, 2.75) is 0 Å². The molecule has 0 bridgehead atoms. The van der Waals surface area contributed by atoms with Gasteiger partial charge in [0.05, 0.1) is 0 Å². The van der Waals surface area contributed by atoms with E-state index in [0.29, 0.717) is 6.79 Å². The molecule has 20 valence electrons. The van der Waals surface area contributed by atoms with E-state index in [9.17, 15) is 0 Å². The standard InChI is InChI=1S/CH2O2.Na.H/c1-2-3-1;;/h1H2;;. The normalized spacial score (nSPS) is 18.0. The molecule has 0 aromatic carbocycles. The fraction of sp³-hybridized carbons (Fsp3) is 1.00. The van der Waals surface area contributed by atoms with Crippen molar-refractivity contribution >= 4 is 29.6 Å². The molecular weight excluding hydrogens is 67.0 g/mol. The van der Waals surface area contributed by atoms with E-state index in [0.717, 1.165) is 0 Å². The van der Waals surface area contributed by atoms with Gasteiger partial charge in [-0.1, -0.05) is 0 Å². The van der Waals surface area contributed by atoms with Gasteiger partial charge >= 0.3 is 29.6 Å². The van der Waals surface area contributed by atoms with Gasteiger partial charge in [0.1, 0.15) is 0 Å². The van der Waals surface area contributed by atoms with E-state index in [4.69, 9.17) is 0 Å². The Morgan fingerprint density at radius 3 is 1.50 bits per heavy atom. The summed E-state index contributed by atoms with van der Waals surface area (Å²) in [6, 6.07) is 0. The first-order chi connectivity index (χ1) is 1.50. The topological polar surface area (TPSA) is 25.1 Å². The van der Waals surface area contributed by atoms with Crippen LogP contribution in [0.3, 0.4) is 0 Å². The van der Waals surface area contributed by atoms with Gasteiger partial charge < -0.3 is 0 Å². The molecule has 1 aliphatic rings. The van der Waals surface area contributed by atoms with Crippen molar-refractivity contribution in [3.8, 4) is 0 Å². The molecule has 3 heteroatoms. The summed E-state index contributed by atoms with van der Waals surface area (Å²) in [4.78, 5) is 8.00. The predicted molar refractivity (Wildman–Crippen MR) is 14.2 cm³/mol. The summed E-state index contributed by atoms with van der Waals surface area (Å²) in [5.41, 5.74) is 0. The Morgan fingerprint density at radius 1 is 1.25 bits per heavy atom. The Balaban J connectivity index is 0.0000000900. The summed E-state index contributed by atoms with van der Waals surface area (Å²) >= 11 is 0. The van der Waals surface area contributed by atoms with Crippen LogP contribution in [-0.4, -0.2) is 36.4 Å². The molecule has 0 radical (unpaired) electrons. The van der Waals surface area contributed by atoms with E-state index in [1.54, 1.807) is 0 Å². The minimum absolute atomic E-state index is 0. The summed E-state index contributed by atoms with van der Waals surface area (Å²) in [7, 11) is 0. The first-order valence-corrected chi connectivity index (χ1v) is 0.744. The molecule has 0 unspecified atom stereocenters. The third-order valence-electron chi connectivity index (χ3n) is 0.118. The number of hydrogen-bond acceptors (Lipinski definition) is 2. The predicted octanol–water partition coefficient (Wildman–Crippen LogP) is -0.743. The number of rotatable bonds is 0. The van der Waals surface area contributed by atoms with Crippen LogP contribution in [0.2, 0.25) is 0 Å². The Kier molecular flexibility index (Phi) is 2.68. The van der Waals surface area contributed by atoms with Crippen molar-refractivity contribution in [1.29, 1.82) is 0 Å². The van der Waals surface area contributed by atoms with Crippen LogP contribution >= 0.6 is 0 Å². The maximum atomic E-state index is 4.00. The van der Waals surface area contributed by atoms with Gasteiger partial charge in [0, 0.05) is 0 Å². The summed E-state index contributed by atoms with van der Waals surface area (Å²) in [5, 5.41) is 0. The van der Waals surface area contributed by atoms with E-state index in [2.05, 4.69) is 9.78 Å². The quantitative estimate of drug-likeness (QED) is 0.213. The molecule has 0 aliphatic carbocycles. The van der Waals surface area contributed by atoms with E-state index < -0.39 is 0 Å². The average Bonchev–Trinajstić information content (AvgIpc) is 1.46. The molecule has 1 rings (SSSR count). The van der Waals surface area contributed by atoms with Crippen molar-refractivity contribution in [2.24, 2.45) is 0 Å². The first-order valence-electron chi connectivity index (χ1n) is 0.744. The van der Waals surface area contributed by atoms with Crippen LogP contribution in [0, 0.1) is 0 Å². The molecule has 1 heterocycles. The Bertz CT molecular complexity index is 10.8. The van der Waals surface area contributed by atoms with Crippen molar-refractivity contribution in [2.75, 3.05) is 6.79 Å². The molecule has 0 atom stereocenters. The van der Waals surface area contributed by atoms with E-state index in [1.165, 1.54) is 0 Å². The Labute approximate surface area is 46.3 Å².